The summed E-state index contributed by atoms with van der Waals surface area (Å²) in [5.41, 5.74) is 3.07. The Morgan fingerprint density at radius 2 is 1.60 bits per heavy atom. The molecule has 0 aliphatic carbocycles. The van der Waals surface area contributed by atoms with Gasteiger partial charge in [0.05, 0.1) is 0 Å². The maximum absolute atomic E-state index is 9.76. The first kappa shape index (κ1) is 10.2. The van der Waals surface area contributed by atoms with Crippen LogP contribution in [-0.4, -0.2) is 5.11 Å². The second-order valence-corrected chi connectivity index (χ2v) is 4.28. The molecule has 15 heavy (non-hydrogen) atoms. The molecule has 0 bridgehead atoms. The number of aromatic hydroxyl groups is 1. The van der Waals surface area contributed by atoms with E-state index in [0.29, 0.717) is 5.75 Å². The lowest BCUT2D eigenvalue weighted by Crippen LogP contribution is -1.84. The van der Waals surface area contributed by atoms with Crippen molar-refractivity contribution < 1.29 is 5.11 Å². The number of halogens is 1. The van der Waals surface area contributed by atoms with Crippen molar-refractivity contribution in [2.45, 2.75) is 6.92 Å². The largest absolute Gasteiger partial charge is 0.507 e. The third kappa shape index (κ3) is 1.90. The van der Waals surface area contributed by atoms with Crippen LogP contribution in [0.1, 0.15) is 5.56 Å². The van der Waals surface area contributed by atoms with Gasteiger partial charge in [-0.15, -0.1) is 0 Å². The van der Waals surface area contributed by atoms with Gasteiger partial charge >= 0.3 is 0 Å². The zero-order chi connectivity index (χ0) is 10.8. The molecule has 0 fully saturated rings. The van der Waals surface area contributed by atoms with Crippen molar-refractivity contribution in [2.24, 2.45) is 0 Å². The summed E-state index contributed by atoms with van der Waals surface area (Å²) >= 11 is 3.49. The van der Waals surface area contributed by atoms with Crippen molar-refractivity contribution in [1.29, 1.82) is 0 Å². The highest BCUT2D eigenvalue weighted by Crippen LogP contribution is 2.33. The van der Waals surface area contributed by atoms with Crippen LogP contribution in [0.4, 0.5) is 0 Å². The van der Waals surface area contributed by atoms with Crippen molar-refractivity contribution in [1.82, 2.24) is 0 Å². The molecule has 2 heteroatoms. The molecule has 2 rings (SSSR count). The maximum Gasteiger partial charge on any atom is 0.123 e. The summed E-state index contributed by atoms with van der Waals surface area (Å²) in [5.74, 6) is 0.318. The third-order valence-corrected chi connectivity index (χ3v) is 3.32. The standard InChI is InChI=1S/C13H11BrO/c1-9-10(6-4-7-12(9)14)11-5-2-3-8-13(11)15/h2-8,15H,1H3. The number of rotatable bonds is 1. The second kappa shape index (κ2) is 4.07. The van der Waals surface area contributed by atoms with Crippen LogP contribution in [0.5, 0.6) is 5.75 Å². The van der Waals surface area contributed by atoms with Gasteiger partial charge in [-0.1, -0.05) is 46.3 Å². The number of hydrogen-bond donors (Lipinski definition) is 1. The molecule has 0 saturated carbocycles. The Hall–Kier alpha value is -1.28. The number of phenols is 1. The molecule has 0 saturated heterocycles. The Morgan fingerprint density at radius 3 is 2.33 bits per heavy atom. The first-order valence-corrected chi connectivity index (χ1v) is 5.53. The number of para-hydroxylation sites is 1. The van der Waals surface area contributed by atoms with Gasteiger partial charge in [-0.25, -0.2) is 0 Å². The lowest BCUT2D eigenvalue weighted by Gasteiger charge is -2.09. The summed E-state index contributed by atoms with van der Waals surface area (Å²) in [4.78, 5) is 0. The zero-order valence-corrected chi connectivity index (χ0v) is 9.95. The summed E-state index contributed by atoms with van der Waals surface area (Å²) in [5, 5.41) is 9.76. The van der Waals surface area contributed by atoms with Gasteiger partial charge in [0.1, 0.15) is 5.75 Å². The van der Waals surface area contributed by atoms with Crippen LogP contribution in [0.15, 0.2) is 46.9 Å². The summed E-state index contributed by atoms with van der Waals surface area (Å²) in [6.45, 7) is 2.03. The van der Waals surface area contributed by atoms with Crippen molar-refractivity contribution in [3.05, 3.63) is 52.5 Å². The van der Waals surface area contributed by atoms with E-state index in [4.69, 9.17) is 0 Å². The van der Waals surface area contributed by atoms with E-state index in [1.54, 1.807) is 6.07 Å². The highest BCUT2D eigenvalue weighted by molar-refractivity contribution is 9.10. The predicted octanol–water partition coefficient (Wildman–Crippen LogP) is 4.13. The van der Waals surface area contributed by atoms with E-state index in [-0.39, 0.29) is 0 Å². The molecule has 0 atom stereocenters. The van der Waals surface area contributed by atoms with Crippen LogP contribution in [0.25, 0.3) is 11.1 Å². The van der Waals surface area contributed by atoms with Crippen molar-refractivity contribution in [3.63, 3.8) is 0 Å². The Morgan fingerprint density at radius 1 is 0.933 bits per heavy atom. The molecule has 0 unspecified atom stereocenters. The molecule has 0 radical (unpaired) electrons. The highest BCUT2D eigenvalue weighted by Gasteiger charge is 2.07. The number of hydrogen-bond acceptors (Lipinski definition) is 1. The fourth-order valence-electron chi connectivity index (χ4n) is 1.60. The van der Waals surface area contributed by atoms with Crippen LogP contribution in [0.2, 0.25) is 0 Å². The van der Waals surface area contributed by atoms with Crippen LogP contribution in [0, 0.1) is 6.92 Å². The van der Waals surface area contributed by atoms with E-state index in [0.717, 1.165) is 21.2 Å². The molecular weight excluding hydrogens is 252 g/mol. The van der Waals surface area contributed by atoms with Crippen molar-refractivity contribution >= 4 is 15.9 Å². The molecular formula is C13H11BrO. The van der Waals surface area contributed by atoms with Crippen LogP contribution in [0.3, 0.4) is 0 Å². The van der Waals surface area contributed by atoms with Crippen LogP contribution >= 0.6 is 15.9 Å². The minimum atomic E-state index is 0.318. The van der Waals surface area contributed by atoms with Gasteiger partial charge < -0.3 is 5.11 Å². The van der Waals surface area contributed by atoms with Gasteiger partial charge in [-0.2, -0.15) is 0 Å². The Labute approximate surface area is 97.5 Å². The molecule has 0 aliphatic heterocycles. The Bertz CT molecular complexity index is 492. The molecule has 2 aromatic carbocycles. The average molecular weight is 263 g/mol. The Kier molecular flexibility index (Phi) is 2.78. The molecule has 1 N–H and O–H groups in total. The van der Waals surface area contributed by atoms with Gasteiger partial charge in [0.25, 0.3) is 0 Å². The quantitative estimate of drug-likeness (QED) is 0.820. The van der Waals surface area contributed by atoms with E-state index in [1.807, 2.05) is 43.3 Å². The van der Waals surface area contributed by atoms with E-state index < -0.39 is 0 Å². The summed E-state index contributed by atoms with van der Waals surface area (Å²) in [6.07, 6.45) is 0. The fourth-order valence-corrected chi connectivity index (χ4v) is 1.97. The first-order chi connectivity index (χ1) is 7.20. The third-order valence-electron chi connectivity index (χ3n) is 2.46. The number of phenolic OH excluding ortho intramolecular Hbond substituents is 1. The highest BCUT2D eigenvalue weighted by atomic mass is 79.9. The first-order valence-electron chi connectivity index (χ1n) is 4.73. The molecule has 0 amide bonds. The monoisotopic (exact) mass is 262 g/mol. The lowest BCUT2D eigenvalue weighted by atomic mass is 10.00. The van der Waals surface area contributed by atoms with E-state index in [1.165, 1.54) is 0 Å². The van der Waals surface area contributed by atoms with Gasteiger partial charge in [0.2, 0.25) is 0 Å². The SMILES string of the molecule is Cc1c(Br)cccc1-c1ccccc1O. The summed E-state index contributed by atoms with van der Waals surface area (Å²) in [6, 6.07) is 13.4. The smallest absolute Gasteiger partial charge is 0.123 e. The normalized spacial score (nSPS) is 10.3. The van der Waals surface area contributed by atoms with Gasteiger partial charge in [0.15, 0.2) is 0 Å². The molecule has 2 aromatic rings. The Balaban J connectivity index is 2.65. The molecule has 0 aromatic heterocycles. The predicted molar refractivity (Wildman–Crippen MR) is 66.0 cm³/mol. The average Bonchev–Trinajstić information content (AvgIpc) is 2.23. The minimum absolute atomic E-state index is 0.318. The molecule has 0 spiro atoms. The maximum atomic E-state index is 9.76. The van der Waals surface area contributed by atoms with E-state index in [2.05, 4.69) is 15.9 Å². The van der Waals surface area contributed by atoms with Gasteiger partial charge in [-0.3, -0.25) is 0 Å². The topological polar surface area (TPSA) is 20.2 Å². The van der Waals surface area contributed by atoms with Crippen molar-refractivity contribution in [3.8, 4) is 16.9 Å². The zero-order valence-electron chi connectivity index (χ0n) is 8.37. The summed E-state index contributed by atoms with van der Waals surface area (Å²) < 4.78 is 1.06. The molecule has 76 valence electrons. The van der Waals surface area contributed by atoms with E-state index >= 15 is 0 Å². The van der Waals surface area contributed by atoms with Crippen LogP contribution < -0.4 is 0 Å². The van der Waals surface area contributed by atoms with E-state index in [9.17, 15) is 5.11 Å². The van der Waals surface area contributed by atoms with Gasteiger partial charge in [0, 0.05) is 10.0 Å². The summed E-state index contributed by atoms with van der Waals surface area (Å²) in [7, 11) is 0. The van der Waals surface area contributed by atoms with Crippen molar-refractivity contribution in [2.75, 3.05) is 0 Å². The molecule has 0 heterocycles. The minimum Gasteiger partial charge on any atom is -0.507 e. The molecule has 1 nitrogen and oxygen atoms in total. The lowest BCUT2D eigenvalue weighted by molar-refractivity contribution is 0.477. The fraction of sp³-hybridized carbons (Fsp3) is 0.0769. The molecule has 0 aliphatic rings. The van der Waals surface area contributed by atoms with Crippen LogP contribution in [-0.2, 0) is 0 Å². The van der Waals surface area contributed by atoms with Gasteiger partial charge in [-0.05, 0) is 30.2 Å². The number of benzene rings is 2. The second-order valence-electron chi connectivity index (χ2n) is 3.43.